The van der Waals surface area contributed by atoms with Gasteiger partial charge in [-0.2, -0.15) is 0 Å². The van der Waals surface area contributed by atoms with Crippen molar-refractivity contribution in [3.8, 4) is 6.01 Å². The van der Waals surface area contributed by atoms with Gasteiger partial charge in [0.15, 0.2) is 0 Å². The molecule has 2 rings (SSSR count). The number of H-pyrrole nitrogens is 2. The highest BCUT2D eigenvalue weighted by molar-refractivity contribution is 5.03. The highest BCUT2D eigenvalue weighted by Crippen LogP contribution is 2.18. The smallest absolute Gasteiger partial charge is 0.353 e. The van der Waals surface area contributed by atoms with Crippen LogP contribution in [0.3, 0.4) is 0 Å². The Kier molecular flexibility index (Phi) is 2.66. The molecule has 80 valence electrons. The number of hydrogen-bond acceptors (Lipinski definition) is 4. The van der Waals surface area contributed by atoms with Crippen LogP contribution in [0.15, 0.2) is 21.4 Å². The first-order chi connectivity index (χ1) is 7.24. The Labute approximate surface area is 85.0 Å². The van der Waals surface area contributed by atoms with Crippen LogP contribution in [0.4, 0.5) is 0 Å². The molecule has 1 aromatic heterocycles. The predicted molar refractivity (Wildman–Crippen MR) is 52.7 cm³/mol. The maximum Gasteiger partial charge on any atom is 0.353 e. The SMILES string of the molecule is O=c1nc(OC2=CCCCC2)[nH]c(=O)[nH]1. The average molecular weight is 209 g/mol. The van der Waals surface area contributed by atoms with Gasteiger partial charge < -0.3 is 4.74 Å². The van der Waals surface area contributed by atoms with Gasteiger partial charge in [0.25, 0.3) is 0 Å². The summed E-state index contributed by atoms with van der Waals surface area (Å²) in [6.07, 6.45) is 5.93. The minimum atomic E-state index is -0.704. The molecule has 1 aromatic rings. The molecule has 0 aromatic carbocycles. The van der Waals surface area contributed by atoms with Crippen LogP contribution in [-0.4, -0.2) is 15.0 Å². The van der Waals surface area contributed by atoms with Gasteiger partial charge in [-0.3, -0.25) is 9.97 Å². The summed E-state index contributed by atoms with van der Waals surface area (Å²) in [6.45, 7) is 0. The first-order valence-corrected chi connectivity index (χ1v) is 4.81. The minimum absolute atomic E-state index is 0.0445. The van der Waals surface area contributed by atoms with Crippen molar-refractivity contribution in [1.82, 2.24) is 15.0 Å². The van der Waals surface area contributed by atoms with Crippen LogP contribution in [0, 0.1) is 0 Å². The molecule has 1 aliphatic carbocycles. The molecule has 0 saturated carbocycles. The molecule has 0 saturated heterocycles. The fourth-order valence-corrected chi connectivity index (χ4v) is 1.45. The van der Waals surface area contributed by atoms with Crippen molar-refractivity contribution in [2.75, 3.05) is 0 Å². The molecule has 0 atom stereocenters. The molecule has 0 amide bonds. The van der Waals surface area contributed by atoms with Crippen LogP contribution in [0.5, 0.6) is 6.01 Å². The van der Waals surface area contributed by atoms with Gasteiger partial charge in [-0.25, -0.2) is 9.59 Å². The third-order valence-electron chi connectivity index (χ3n) is 2.12. The quantitative estimate of drug-likeness (QED) is 0.733. The zero-order valence-electron chi connectivity index (χ0n) is 8.08. The van der Waals surface area contributed by atoms with Crippen LogP contribution in [0.25, 0.3) is 0 Å². The molecule has 1 aliphatic rings. The third kappa shape index (κ3) is 2.55. The summed E-state index contributed by atoms with van der Waals surface area (Å²) in [5.74, 6) is 0.759. The normalized spacial score (nSPS) is 15.9. The van der Waals surface area contributed by atoms with Gasteiger partial charge in [0, 0.05) is 6.42 Å². The summed E-state index contributed by atoms with van der Waals surface area (Å²) >= 11 is 0. The number of aromatic amines is 2. The maximum absolute atomic E-state index is 10.9. The lowest BCUT2D eigenvalue weighted by Gasteiger charge is -2.11. The summed E-state index contributed by atoms with van der Waals surface area (Å²) in [5, 5.41) is 0. The lowest BCUT2D eigenvalue weighted by atomic mass is 10.1. The van der Waals surface area contributed by atoms with Crippen molar-refractivity contribution in [2.24, 2.45) is 0 Å². The lowest BCUT2D eigenvalue weighted by Crippen LogP contribution is -2.25. The standard InChI is InChI=1S/C9H11N3O3/c13-7-10-8(14)12-9(11-7)15-6-4-2-1-3-5-6/h4H,1-3,5H2,(H2,10,11,12,13,14). The first kappa shape index (κ1) is 9.70. The van der Waals surface area contributed by atoms with E-state index < -0.39 is 11.4 Å². The van der Waals surface area contributed by atoms with E-state index >= 15 is 0 Å². The van der Waals surface area contributed by atoms with E-state index in [0.29, 0.717) is 0 Å². The molecule has 0 bridgehead atoms. The van der Waals surface area contributed by atoms with E-state index in [1.807, 2.05) is 11.1 Å². The number of nitrogens with one attached hydrogen (secondary N) is 2. The van der Waals surface area contributed by atoms with E-state index in [2.05, 4.69) is 9.97 Å². The largest absolute Gasteiger partial charge is 0.430 e. The van der Waals surface area contributed by atoms with Gasteiger partial charge >= 0.3 is 17.4 Å². The minimum Gasteiger partial charge on any atom is -0.430 e. The molecule has 6 heteroatoms. The molecule has 1 heterocycles. The number of aromatic nitrogens is 3. The number of allylic oxidation sites excluding steroid dienone is 2. The first-order valence-electron chi connectivity index (χ1n) is 4.81. The number of rotatable bonds is 2. The zero-order valence-corrected chi connectivity index (χ0v) is 8.08. The number of hydrogen-bond donors (Lipinski definition) is 2. The van der Waals surface area contributed by atoms with E-state index in [-0.39, 0.29) is 6.01 Å². The molecule has 0 unspecified atom stereocenters. The fourth-order valence-electron chi connectivity index (χ4n) is 1.45. The van der Waals surface area contributed by atoms with E-state index in [0.717, 1.165) is 31.4 Å². The zero-order chi connectivity index (χ0) is 10.7. The Balaban J connectivity index is 2.20. The van der Waals surface area contributed by atoms with Crippen LogP contribution in [-0.2, 0) is 0 Å². The second-order valence-corrected chi connectivity index (χ2v) is 3.32. The second kappa shape index (κ2) is 4.12. The number of nitrogens with zero attached hydrogens (tertiary/aromatic N) is 1. The Morgan fingerprint density at radius 1 is 1.27 bits per heavy atom. The topological polar surface area (TPSA) is 87.8 Å². The van der Waals surface area contributed by atoms with Gasteiger partial charge in [0.05, 0.1) is 0 Å². The van der Waals surface area contributed by atoms with Crippen LogP contribution < -0.4 is 16.1 Å². The highest BCUT2D eigenvalue weighted by Gasteiger charge is 2.07. The van der Waals surface area contributed by atoms with Gasteiger partial charge in [-0.05, 0) is 25.3 Å². The summed E-state index contributed by atoms with van der Waals surface area (Å²) in [7, 11) is 0. The van der Waals surface area contributed by atoms with E-state index in [1.165, 1.54) is 0 Å². The molecule has 0 spiro atoms. The van der Waals surface area contributed by atoms with Gasteiger partial charge in [-0.15, -0.1) is 4.98 Å². The Bertz CT molecular complexity index is 458. The molecular weight excluding hydrogens is 198 g/mol. The summed E-state index contributed by atoms with van der Waals surface area (Å²) in [5.41, 5.74) is -1.31. The van der Waals surface area contributed by atoms with Gasteiger partial charge in [0.2, 0.25) is 0 Å². The third-order valence-corrected chi connectivity index (χ3v) is 2.12. The van der Waals surface area contributed by atoms with Crippen molar-refractivity contribution < 1.29 is 4.74 Å². The highest BCUT2D eigenvalue weighted by atomic mass is 16.5. The van der Waals surface area contributed by atoms with Crippen LogP contribution >= 0.6 is 0 Å². The van der Waals surface area contributed by atoms with Crippen molar-refractivity contribution in [1.29, 1.82) is 0 Å². The van der Waals surface area contributed by atoms with Gasteiger partial charge in [0.1, 0.15) is 5.76 Å². The second-order valence-electron chi connectivity index (χ2n) is 3.32. The summed E-state index contributed by atoms with van der Waals surface area (Å²) < 4.78 is 5.29. The van der Waals surface area contributed by atoms with Crippen LogP contribution in [0.2, 0.25) is 0 Å². The summed E-state index contributed by atoms with van der Waals surface area (Å²) in [6, 6.07) is -0.0445. The Morgan fingerprint density at radius 2 is 2.13 bits per heavy atom. The van der Waals surface area contributed by atoms with E-state index in [4.69, 9.17) is 4.74 Å². The van der Waals surface area contributed by atoms with Crippen molar-refractivity contribution in [3.63, 3.8) is 0 Å². The molecule has 6 nitrogen and oxygen atoms in total. The average Bonchev–Trinajstić information content (AvgIpc) is 2.17. The Hall–Kier alpha value is -1.85. The fraction of sp³-hybridized carbons (Fsp3) is 0.444. The molecule has 0 aliphatic heterocycles. The monoisotopic (exact) mass is 209 g/mol. The van der Waals surface area contributed by atoms with Crippen molar-refractivity contribution in [2.45, 2.75) is 25.7 Å². The Morgan fingerprint density at radius 3 is 2.80 bits per heavy atom. The maximum atomic E-state index is 10.9. The predicted octanol–water partition coefficient (Wildman–Crippen LogP) is 0.295. The van der Waals surface area contributed by atoms with Crippen molar-refractivity contribution in [3.05, 3.63) is 32.8 Å². The lowest BCUT2D eigenvalue weighted by molar-refractivity contribution is 0.352. The molecule has 2 N–H and O–H groups in total. The number of ether oxygens (including phenoxy) is 1. The van der Waals surface area contributed by atoms with Crippen molar-refractivity contribution >= 4 is 0 Å². The van der Waals surface area contributed by atoms with Crippen LogP contribution in [0.1, 0.15) is 25.7 Å². The molecule has 15 heavy (non-hydrogen) atoms. The van der Waals surface area contributed by atoms with E-state index in [9.17, 15) is 9.59 Å². The summed E-state index contributed by atoms with van der Waals surface area (Å²) in [4.78, 5) is 29.5. The van der Waals surface area contributed by atoms with Gasteiger partial charge in [-0.1, -0.05) is 0 Å². The van der Waals surface area contributed by atoms with E-state index in [1.54, 1.807) is 0 Å². The molecular formula is C9H11N3O3. The molecule has 0 radical (unpaired) electrons. The molecule has 0 fully saturated rings.